The summed E-state index contributed by atoms with van der Waals surface area (Å²) in [7, 11) is 5.84. The Labute approximate surface area is 286 Å². The second-order valence-corrected chi connectivity index (χ2v) is 13.6. The van der Waals surface area contributed by atoms with Gasteiger partial charge >= 0.3 is 6.18 Å². The molecule has 3 heterocycles. The SMILES string of the molecule is Cc1cc(C[N+](C)(C)C[C@H]2CC[C@H](NC(=O)c3c(-c4ccnn4-c4ccc(C#N)cc4)n(C)n(-c4cccc(C(F)(F)F)c4)c3=O)CC2)no1. The van der Waals surface area contributed by atoms with Crippen LogP contribution in [0, 0.1) is 24.2 Å². The number of amides is 1. The number of hydrogen-bond acceptors (Lipinski definition) is 6. The van der Waals surface area contributed by atoms with Crippen molar-refractivity contribution < 1.29 is 27.0 Å². The maximum absolute atomic E-state index is 14.2. The number of quaternary nitrogens is 1. The number of nitrogens with one attached hydrogen (secondary N) is 1. The van der Waals surface area contributed by atoms with Crippen LogP contribution in [0.25, 0.3) is 22.8 Å². The van der Waals surface area contributed by atoms with Crippen molar-refractivity contribution in [2.24, 2.45) is 13.0 Å². The molecule has 0 unspecified atom stereocenters. The summed E-state index contributed by atoms with van der Waals surface area (Å²) in [6, 6.07) is 16.5. The molecule has 1 saturated carbocycles. The third-order valence-electron chi connectivity index (χ3n) is 9.24. The Balaban J connectivity index is 1.30. The molecule has 1 N–H and O–H groups in total. The van der Waals surface area contributed by atoms with Crippen LogP contribution in [0.3, 0.4) is 0 Å². The Morgan fingerprint density at radius 2 is 1.78 bits per heavy atom. The number of nitriles is 1. The Bertz CT molecular complexity index is 2110. The van der Waals surface area contributed by atoms with E-state index in [4.69, 9.17) is 4.52 Å². The number of nitrogens with zero attached hydrogens (tertiary/aromatic N) is 7. The lowest BCUT2D eigenvalue weighted by atomic mass is 9.85. The molecule has 1 fully saturated rings. The van der Waals surface area contributed by atoms with Crippen LogP contribution in [0.4, 0.5) is 13.2 Å². The molecule has 50 heavy (non-hydrogen) atoms. The minimum absolute atomic E-state index is 0.0425. The first-order valence-electron chi connectivity index (χ1n) is 16.3. The van der Waals surface area contributed by atoms with Gasteiger partial charge in [-0.25, -0.2) is 9.36 Å². The summed E-state index contributed by atoms with van der Waals surface area (Å²) in [5, 5.41) is 20.9. The summed E-state index contributed by atoms with van der Waals surface area (Å²) >= 11 is 0. The van der Waals surface area contributed by atoms with Gasteiger partial charge in [-0.05, 0) is 81.1 Å². The van der Waals surface area contributed by atoms with Crippen LogP contribution >= 0.6 is 0 Å². The maximum atomic E-state index is 14.2. The number of benzene rings is 2. The first-order valence-corrected chi connectivity index (χ1v) is 16.3. The molecular formula is C36H38F3N8O3+. The fraction of sp³-hybridized carbons (Fsp3) is 0.361. The Hall–Kier alpha value is -5.42. The Morgan fingerprint density at radius 1 is 1.06 bits per heavy atom. The van der Waals surface area contributed by atoms with Crippen molar-refractivity contribution in [2.45, 2.75) is 51.4 Å². The van der Waals surface area contributed by atoms with Crippen LogP contribution in [0.2, 0.25) is 0 Å². The summed E-state index contributed by atoms with van der Waals surface area (Å²) in [5.41, 5.74) is 0.529. The van der Waals surface area contributed by atoms with E-state index in [-0.39, 0.29) is 23.0 Å². The zero-order valence-corrected chi connectivity index (χ0v) is 28.2. The summed E-state index contributed by atoms with van der Waals surface area (Å²) in [6.07, 6.45) is 0.0634. The second-order valence-electron chi connectivity index (χ2n) is 13.6. The van der Waals surface area contributed by atoms with Crippen molar-refractivity contribution in [1.29, 1.82) is 5.26 Å². The third kappa shape index (κ3) is 7.13. The Morgan fingerprint density at radius 3 is 2.42 bits per heavy atom. The van der Waals surface area contributed by atoms with E-state index in [1.165, 1.54) is 34.7 Å². The van der Waals surface area contributed by atoms with E-state index in [0.29, 0.717) is 35.7 Å². The maximum Gasteiger partial charge on any atom is 0.416 e. The molecule has 0 spiro atoms. The average molecular weight is 688 g/mol. The number of alkyl halides is 3. The zero-order chi connectivity index (χ0) is 35.8. The minimum Gasteiger partial charge on any atom is -0.361 e. The van der Waals surface area contributed by atoms with Crippen molar-refractivity contribution in [3.63, 3.8) is 0 Å². The van der Waals surface area contributed by atoms with Crippen molar-refractivity contribution in [3.8, 4) is 28.8 Å². The van der Waals surface area contributed by atoms with Gasteiger partial charge in [0.2, 0.25) is 0 Å². The first kappa shape index (κ1) is 34.4. The standard InChI is InChI=1S/C36H37F3N8O3/c1-23-18-28(43-50-23)22-47(3,4)21-25-8-12-27(13-9-25)42-34(48)32-33(31-16-17-41-45(31)29-14-10-24(20-40)11-15-29)44(2)46(35(32)49)30-7-5-6-26(19-30)36(37,38)39/h5-7,10-11,14-19,25,27H,8-9,12-13,21-22H2,1-4H3/p+1/t25-,27-. The minimum atomic E-state index is -4.63. The molecule has 6 rings (SSSR count). The molecule has 14 heteroatoms. The van der Waals surface area contributed by atoms with E-state index in [1.807, 2.05) is 13.0 Å². The summed E-state index contributed by atoms with van der Waals surface area (Å²) in [6.45, 7) is 3.54. The third-order valence-corrected chi connectivity index (χ3v) is 9.24. The molecule has 0 saturated heterocycles. The molecule has 5 aromatic rings. The van der Waals surface area contributed by atoms with Crippen LogP contribution in [0.5, 0.6) is 0 Å². The quantitative estimate of drug-likeness (QED) is 0.196. The normalized spacial score (nSPS) is 16.7. The van der Waals surface area contributed by atoms with Gasteiger partial charge < -0.3 is 14.3 Å². The molecule has 1 amide bonds. The van der Waals surface area contributed by atoms with Gasteiger partial charge in [-0.15, -0.1) is 0 Å². The molecule has 2 aromatic carbocycles. The van der Waals surface area contributed by atoms with Gasteiger partial charge in [0.25, 0.3) is 11.5 Å². The van der Waals surface area contributed by atoms with E-state index < -0.39 is 23.2 Å². The summed E-state index contributed by atoms with van der Waals surface area (Å²) in [5.74, 6) is 0.594. The fourth-order valence-corrected chi connectivity index (χ4v) is 7.02. The molecule has 0 bridgehead atoms. The van der Waals surface area contributed by atoms with E-state index in [2.05, 4.69) is 35.7 Å². The van der Waals surface area contributed by atoms with Gasteiger partial charge in [0.05, 0.1) is 61.1 Å². The molecule has 0 radical (unpaired) electrons. The molecule has 1 aliphatic rings. The zero-order valence-electron chi connectivity index (χ0n) is 28.2. The van der Waals surface area contributed by atoms with Gasteiger partial charge in [-0.1, -0.05) is 11.2 Å². The molecule has 1 aliphatic carbocycles. The van der Waals surface area contributed by atoms with Gasteiger partial charge in [0, 0.05) is 25.1 Å². The second kappa shape index (κ2) is 13.5. The molecule has 260 valence electrons. The van der Waals surface area contributed by atoms with Crippen molar-refractivity contribution in [2.75, 3.05) is 20.6 Å². The molecule has 0 atom stereocenters. The number of carbonyl (C=O) groups excluding carboxylic acids is 1. The average Bonchev–Trinajstić information content (AvgIpc) is 3.78. The molecule has 0 aliphatic heterocycles. The number of aryl methyl sites for hydroxylation is 1. The van der Waals surface area contributed by atoms with Gasteiger partial charge in [0.1, 0.15) is 29.3 Å². The lowest BCUT2D eigenvalue weighted by Gasteiger charge is -2.36. The predicted octanol–water partition coefficient (Wildman–Crippen LogP) is 5.78. The summed E-state index contributed by atoms with van der Waals surface area (Å²) < 4.78 is 51.0. The van der Waals surface area contributed by atoms with Gasteiger partial charge in [0.15, 0.2) is 0 Å². The molecule has 3 aromatic heterocycles. The van der Waals surface area contributed by atoms with Crippen LogP contribution < -0.4 is 10.9 Å². The van der Waals surface area contributed by atoms with E-state index >= 15 is 0 Å². The highest BCUT2D eigenvalue weighted by molar-refractivity contribution is 6.00. The van der Waals surface area contributed by atoms with Crippen molar-refractivity contribution >= 4 is 5.91 Å². The van der Waals surface area contributed by atoms with Crippen molar-refractivity contribution in [3.05, 3.63) is 105 Å². The molecule has 11 nitrogen and oxygen atoms in total. The highest BCUT2D eigenvalue weighted by Crippen LogP contribution is 2.32. The van der Waals surface area contributed by atoms with Gasteiger partial charge in [-0.3, -0.25) is 14.3 Å². The van der Waals surface area contributed by atoms with E-state index in [9.17, 15) is 28.0 Å². The largest absolute Gasteiger partial charge is 0.416 e. The predicted molar refractivity (Wildman–Crippen MR) is 178 cm³/mol. The summed E-state index contributed by atoms with van der Waals surface area (Å²) in [4.78, 5) is 28.3. The van der Waals surface area contributed by atoms with E-state index in [1.54, 1.807) is 30.3 Å². The van der Waals surface area contributed by atoms with Gasteiger partial charge in [-0.2, -0.15) is 23.5 Å². The number of rotatable bonds is 9. The van der Waals surface area contributed by atoms with Crippen LogP contribution in [-0.2, 0) is 19.8 Å². The Kier molecular flexibility index (Phi) is 9.28. The smallest absolute Gasteiger partial charge is 0.361 e. The number of carbonyl (C=O) groups is 1. The van der Waals surface area contributed by atoms with E-state index in [0.717, 1.165) is 58.7 Å². The molecular weight excluding hydrogens is 649 g/mol. The number of halogens is 3. The van der Waals surface area contributed by atoms with Crippen molar-refractivity contribution in [1.82, 2.24) is 29.6 Å². The number of hydrogen-bond donors (Lipinski definition) is 1. The lowest BCUT2D eigenvalue weighted by molar-refractivity contribution is -0.907. The van der Waals surface area contributed by atoms with Crippen LogP contribution in [0.15, 0.2) is 76.2 Å². The first-order chi connectivity index (χ1) is 23.7. The highest BCUT2D eigenvalue weighted by atomic mass is 19.4. The van der Waals surface area contributed by atoms with Crippen LogP contribution in [0.1, 0.15) is 58.6 Å². The number of aromatic nitrogens is 5. The topological polar surface area (TPSA) is 124 Å². The van der Waals surface area contributed by atoms with Crippen LogP contribution in [-0.4, -0.2) is 61.4 Å². The monoisotopic (exact) mass is 687 g/mol. The lowest BCUT2D eigenvalue weighted by Crippen LogP contribution is -2.45. The fourth-order valence-electron chi connectivity index (χ4n) is 7.02. The highest BCUT2D eigenvalue weighted by Gasteiger charge is 2.34.